The van der Waals surface area contributed by atoms with Crippen LogP contribution in [0.3, 0.4) is 0 Å². The van der Waals surface area contributed by atoms with E-state index in [1.807, 2.05) is 32.2 Å². The van der Waals surface area contributed by atoms with Crippen molar-refractivity contribution in [2.75, 3.05) is 25.5 Å². The summed E-state index contributed by atoms with van der Waals surface area (Å²) < 4.78 is 7.74. The van der Waals surface area contributed by atoms with Gasteiger partial charge in [0.2, 0.25) is 5.95 Å². The van der Waals surface area contributed by atoms with E-state index < -0.39 is 0 Å². The molecule has 0 saturated heterocycles. The number of esters is 1. The van der Waals surface area contributed by atoms with Gasteiger partial charge < -0.3 is 9.41 Å². The van der Waals surface area contributed by atoms with Gasteiger partial charge in [-0.2, -0.15) is 0 Å². The second-order valence-corrected chi connectivity index (χ2v) is 7.71. The van der Waals surface area contributed by atoms with Gasteiger partial charge in [-0.25, -0.2) is 14.8 Å². The molecule has 1 atom stereocenters. The average molecular weight is 424 g/mol. The predicted molar refractivity (Wildman–Crippen MR) is 107 cm³/mol. The van der Waals surface area contributed by atoms with Crippen LogP contribution in [-0.2, 0) is 17.6 Å². The van der Waals surface area contributed by atoms with Gasteiger partial charge in [0.25, 0.3) is 0 Å². The summed E-state index contributed by atoms with van der Waals surface area (Å²) >= 11 is 3.54. The molecule has 0 fully saturated rings. The van der Waals surface area contributed by atoms with Crippen LogP contribution in [0.25, 0.3) is 0 Å². The number of carbonyl (C=O) groups excluding carboxylic acids is 1. The molecule has 0 aliphatic heterocycles. The first-order chi connectivity index (χ1) is 11.9. The van der Waals surface area contributed by atoms with E-state index in [4.69, 9.17) is 4.74 Å². The molecule has 134 valence electrons. The smallest absolute Gasteiger partial charge is 0.337 e. The fourth-order valence-electron chi connectivity index (χ4n) is 2.45. The fourth-order valence-corrected chi connectivity index (χ4v) is 3.33. The summed E-state index contributed by atoms with van der Waals surface area (Å²) in [5.74, 6) is 0.469. The molecule has 2 rings (SSSR count). The zero-order valence-electron chi connectivity index (χ0n) is 15.0. The van der Waals surface area contributed by atoms with E-state index in [1.54, 1.807) is 6.07 Å². The Morgan fingerprint density at radius 1 is 1.28 bits per heavy atom. The second-order valence-electron chi connectivity index (χ2n) is 5.73. The topological polar surface area (TPSA) is 55.3 Å². The highest BCUT2D eigenvalue weighted by Gasteiger charge is 2.09. The molecule has 0 aliphatic carbocycles. The van der Waals surface area contributed by atoms with E-state index in [0.717, 1.165) is 41.1 Å². The maximum atomic E-state index is 11.6. The van der Waals surface area contributed by atoms with Gasteiger partial charge in [-0.05, 0) is 65.3 Å². The van der Waals surface area contributed by atoms with E-state index in [0.29, 0.717) is 14.3 Å². The van der Waals surface area contributed by atoms with E-state index in [9.17, 15) is 4.79 Å². The number of halogens is 1. The lowest BCUT2D eigenvalue weighted by Gasteiger charge is -2.15. The number of hydrogen-bond donors (Lipinski definition) is 0. The molecule has 0 N–H and O–H groups in total. The number of nitrogens with zero attached hydrogens (tertiary/aromatic N) is 3. The lowest BCUT2D eigenvalue weighted by atomic mass is 10.0. The third kappa shape index (κ3) is 5.48. The number of aryl methyl sites for hydroxylation is 3. The summed E-state index contributed by atoms with van der Waals surface area (Å²) in [5.41, 5.74) is 3.78. The van der Waals surface area contributed by atoms with Crippen molar-refractivity contribution < 1.29 is 9.53 Å². The SMILES string of the molecule is COC(=O)c1ccc(CCCc2cc(C)nc(N(C)PC)n2)c(Br)c1. The van der Waals surface area contributed by atoms with Gasteiger partial charge in [0.15, 0.2) is 0 Å². The monoisotopic (exact) mass is 423 g/mol. The van der Waals surface area contributed by atoms with Crippen molar-refractivity contribution in [2.24, 2.45) is 0 Å². The number of benzene rings is 1. The summed E-state index contributed by atoms with van der Waals surface area (Å²) in [4.78, 5) is 20.7. The lowest BCUT2D eigenvalue weighted by molar-refractivity contribution is 0.0600. The van der Waals surface area contributed by atoms with Gasteiger partial charge in [-0.1, -0.05) is 22.0 Å². The van der Waals surface area contributed by atoms with Crippen molar-refractivity contribution in [3.8, 4) is 0 Å². The molecule has 7 heteroatoms. The van der Waals surface area contributed by atoms with E-state index in [2.05, 4.69) is 37.2 Å². The summed E-state index contributed by atoms with van der Waals surface area (Å²) in [6.07, 6.45) is 2.78. The molecule has 0 amide bonds. The first kappa shape index (κ1) is 19.8. The van der Waals surface area contributed by atoms with Crippen molar-refractivity contribution in [3.05, 3.63) is 51.3 Å². The number of carbonyl (C=O) groups is 1. The van der Waals surface area contributed by atoms with E-state index >= 15 is 0 Å². The van der Waals surface area contributed by atoms with Crippen LogP contribution in [0.1, 0.15) is 33.7 Å². The van der Waals surface area contributed by atoms with Crippen LogP contribution in [-0.4, -0.2) is 36.8 Å². The minimum absolute atomic E-state index is 0.322. The maximum absolute atomic E-state index is 11.6. The summed E-state index contributed by atoms with van der Waals surface area (Å²) in [7, 11) is 4.04. The molecule has 0 saturated carbocycles. The Morgan fingerprint density at radius 3 is 2.68 bits per heavy atom. The predicted octanol–water partition coefficient (Wildman–Crippen LogP) is 4.17. The Bertz CT molecular complexity index is 755. The summed E-state index contributed by atoms with van der Waals surface area (Å²) in [6, 6.07) is 7.63. The molecule has 25 heavy (non-hydrogen) atoms. The molecular formula is C18H23BrN3O2P. The molecule has 1 heterocycles. The van der Waals surface area contributed by atoms with Crippen molar-refractivity contribution >= 4 is 36.6 Å². The molecule has 0 aliphatic rings. The van der Waals surface area contributed by atoms with E-state index in [-0.39, 0.29) is 5.97 Å². The minimum atomic E-state index is -0.322. The Labute approximate surface area is 159 Å². The second kappa shape index (κ2) is 9.25. The van der Waals surface area contributed by atoms with Gasteiger partial charge in [0, 0.05) is 22.9 Å². The molecule has 0 spiro atoms. The third-order valence-electron chi connectivity index (χ3n) is 3.88. The fraction of sp³-hybridized carbons (Fsp3) is 0.389. The zero-order chi connectivity index (χ0) is 18.4. The number of ether oxygens (including phenoxy) is 1. The normalized spacial score (nSPS) is 11.1. The number of rotatable bonds is 7. The quantitative estimate of drug-likeness (QED) is 0.494. The van der Waals surface area contributed by atoms with Gasteiger partial charge in [0.1, 0.15) is 0 Å². The van der Waals surface area contributed by atoms with Crippen molar-refractivity contribution in [2.45, 2.75) is 26.2 Å². The van der Waals surface area contributed by atoms with Crippen LogP contribution < -0.4 is 4.67 Å². The maximum Gasteiger partial charge on any atom is 0.337 e. The molecule has 1 aromatic carbocycles. The van der Waals surface area contributed by atoms with Crippen molar-refractivity contribution in [3.63, 3.8) is 0 Å². The first-order valence-electron chi connectivity index (χ1n) is 8.07. The van der Waals surface area contributed by atoms with E-state index in [1.165, 1.54) is 12.7 Å². The molecule has 5 nitrogen and oxygen atoms in total. The Kier molecular flexibility index (Phi) is 7.33. The molecule has 1 unspecified atom stereocenters. The highest BCUT2D eigenvalue weighted by Crippen LogP contribution is 2.22. The number of aromatic nitrogens is 2. The first-order valence-corrected chi connectivity index (χ1v) is 10.3. The summed E-state index contributed by atoms with van der Waals surface area (Å²) in [5, 5.41) is 0. The number of anilines is 1. The van der Waals surface area contributed by atoms with Crippen LogP contribution >= 0.6 is 24.7 Å². The Balaban J connectivity index is 2.01. The van der Waals surface area contributed by atoms with Crippen LogP contribution in [0, 0.1) is 6.92 Å². The van der Waals surface area contributed by atoms with Crippen LogP contribution in [0.15, 0.2) is 28.7 Å². The highest BCUT2D eigenvalue weighted by molar-refractivity contribution is 9.10. The lowest BCUT2D eigenvalue weighted by Crippen LogP contribution is -2.10. The van der Waals surface area contributed by atoms with Crippen LogP contribution in [0.4, 0.5) is 5.95 Å². The van der Waals surface area contributed by atoms with Gasteiger partial charge in [-0.15, -0.1) is 0 Å². The molecule has 2 aromatic rings. The van der Waals surface area contributed by atoms with Gasteiger partial charge >= 0.3 is 5.97 Å². The van der Waals surface area contributed by atoms with Gasteiger partial charge in [0.05, 0.1) is 12.7 Å². The summed E-state index contributed by atoms with van der Waals surface area (Å²) in [6.45, 7) is 4.12. The minimum Gasteiger partial charge on any atom is -0.465 e. The molecule has 0 bridgehead atoms. The van der Waals surface area contributed by atoms with Crippen LogP contribution in [0.2, 0.25) is 0 Å². The Hall–Kier alpha value is -1.52. The van der Waals surface area contributed by atoms with Gasteiger partial charge in [-0.3, -0.25) is 0 Å². The molecule has 0 radical (unpaired) electrons. The largest absolute Gasteiger partial charge is 0.465 e. The standard InChI is InChI=1S/C18H23BrN3O2P/c1-12-10-15(21-18(20-12)22(2)25-4)7-5-6-13-8-9-14(11-16(13)19)17(23)24-3/h8-11,25H,5-7H2,1-4H3. The van der Waals surface area contributed by atoms with Crippen molar-refractivity contribution in [1.29, 1.82) is 0 Å². The average Bonchev–Trinajstić information content (AvgIpc) is 2.61. The zero-order valence-corrected chi connectivity index (χ0v) is 17.6. The highest BCUT2D eigenvalue weighted by atomic mass is 79.9. The van der Waals surface area contributed by atoms with Crippen molar-refractivity contribution in [1.82, 2.24) is 9.97 Å². The van der Waals surface area contributed by atoms with Crippen LogP contribution in [0.5, 0.6) is 0 Å². The Morgan fingerprint density at radius 2 is 2.04 bits per heavy atom. The molecule has 1 aromatic heterocycles. The number of hydrogen-bond acceptors (Lipinski definition) is 5. The third-order valence-corrected chi connectivity index (χ3v) is 5.49. The number of methoxy groups -OCH3 is 1. The molecular weight excluding hydrogens is 401 g/mol.